The van der Waals surface area contributed by atoms with E-state index in [2.05, 4.69) is 0 Å². The van der Waals surface area contributed by atoms with Crippen LogP contribution in [0.5, 0.6) is 0 Å². The van der Waals surface area contributed by atoms with Crippen LogP contribution in [0.25, 0.3) is 0 Å². The zero-order chi connectivity index (χ0) is 11.5. The first-order chi connectivity index (χ1) is 6.94. The van der Waals surface area contributed by atoms with E-state index in [1.165, 1.54) is 0 Å². The van der Waals surface area contributed by atoms with Gasteiger partial charge in [0.2, 0.25) is 0 Å². The number of nitrogens with two attached hydrogens (primary N) is 1. The zero-order valence-corrected chi connectivity index (χ0v) is 8.73. The molecule has 84 valence electrons. The molecular formula is C9H11F2NO2S. The summed E-state index contributed by atoms with van der Waals surface area (Å²) in [4.78, 5) is 0. The Bertz CT molecular complexity index is 445. The molecule has 0 fully saturated rings. The lowest BCUT2D eigenvalue weighted by Gasteiger charge is -2.04. The number of benzene rings is 1. The van der Waals surface area contributed by atoms with Crippen LogP contribution >= 0.6 is 0 Å². The van der Waals surface area contributed by atoms with Gasteiger partial charge in [-0.2, -0.15) is 0 Å². The third-order valence-corrected chi connectivity index (χ3v) is 3.42. The molecule has 0 amide bonds. The smallest absolute Gasteiger partial charge is 0.155 e. The average Bonchev–Trinajstić information content (AvgIpc) is 2.10. The van der Waals surface area contributed by atoms with Gasteiger partial charge in [-0.15, -0.1) is 0 Å². The lowest BCUT2D eigenvalue weighted by molar-refractivity contribution is 0.578. The molecule has 15 heavy (non-hydrogen) atoms. The van der Waals surface area contributed by atoms with Crippen LogP contribution in [0.3, 0.4) is 0 Å². The Kier molecular flexibility index (Phi) is 3.76. The molecule has 0 bridgehead atoms. The number of rotatable bonds is 4. The van der Waals surface area contributed by atoms with Crippen molar-refractivity contribution < 1.29 is 17.2 Å². The fourth-order valence-corrected chi connectivity index (χ4v) is 2.34. The molecule has 2 N–H and O–H groups in total. The van der Waals surface area contributed by atoms with E-state index in [9.17, 15) is 17.2 Å². The molecule has 1 rings (SSSR count). The molecule has 0 aliphatic heterocycles. The minimum Gasteiger partial charge on any atom is -0.329 e. The van der Waals surface area contributed by atoms with Crippen LogP contribution in [0.1, 0.15) is 5.56 Å². The molecule has 0 heterocycles. The predicted octanol–water partition coefficient (Wildman–Crippen LogP) is 0.838. The number of hydrogen-bond donors (Lipinski definition) is 1. The van der Waals surface area contributed by atoms with Gasteiger partial charge in [-0.3, -0.25) is 0 Å². The summed E-state index contributed by atoms with van der Waals surface area (Å²) in [7, 11) is -3.46. The van der Waals surface area contributed by atoms with E-state index < -0.39 is 27.2 Å². The van der Waals surface area contributed by atoms with Crippen molar-refractivity contribution in [1.29, 1.82) is 0 Å². The third kappa shape index (κ3) is 3.56. The van der Waals surface area contributed by atoms with Gasteiger partial charge in [0.25, 0.3) is 0 Å². The molecule has 0 atom stereocenters. The van der Waals surface area contributed by atoms with Crippen LogP contribution < -0.4 is 5.73 Å². The van der Waals surface area contributed by atoms with Gasteiger partial charge >= 0.3 is 0 Å². The summed E-state index contributed by atoms with van der Waals surface area (Å²) < 4.78 is 48.4. The Morgan fingerprint density at radius 2 is 1.93 bits per heavy atom. The first kappa shape index (κ1) is 12.1. The molecule has 3 nitrogen and oxygen atoms in total. The maximum absolute atomic E-state index is 13.1. The topological polar surface area (TPSA) is 60.2 Å². The van der Waals surface area contributed by atoms with Crippen molar-refractivity contribution in [2.75, 3.05) is 12.3 Å². The van der Waals surface area contributed by atoms with Crippen molar-refractivity contribution in [1.82, 2.24) is 0 Å². The normalized spacial score (nSPS) is 11.7. The van der Waals surface area contributed by atoms with E-state index in [4.69, 9.17) is 5.73 Å². The van der Waals surface area contributed by atoms with Gasteiger partial charge in [-0.05, 0) is 18.2 Å². The summed E-state index contributed by atoms with van der Waals surface area (Å²) in [5.74, 6) is -2.14. The van der Waals surface area contributed by atoms with Crippen LogP contribution in [0.2, 0.25) is 0 Å². The zero-order valence-electron chi connectivity index (χ0n) is 7.91. The second-order valence-corrected chi connectivity index (χ2v) is 5.30. The Hall–Kier alpha value is -1.01. The van der Waals surface area contributed by atoms with Crippen LogP contribution in [0.15, 0.2) is 18.2 Å². The highest BCUT2D eigenvalue weighted by atomic mass is 32.2. The molecule has 0 saturated heterocycles. The minimum atomic E-state index is -3.46. The van der Waals surface area contributed by atoms with E-state index >= 15 is 0 Å². The summed E-state index contributed by atoms with van der Waals surface area (Å²) >= 11 is 0. The largest absolute Gasteiger partial charge is 0.329 e. The Balaban J connectivity index is 2.94. The highest BCUT2D eigenvalue weighted by Crippen LogP contribution is 2.13. The summed E-state index contributed by atoms with van der Waals surface area (Å²) in [5.41, 5.74) is 4.93. The van der Waals surface area contributed by atoms with Gasteiger partial charge in [-0.1, -0.05) is 0 Å². The maximum Gasteiger partial charge on any atom is 0.155 e. The minimum absolute atomic E-state index is 0.0285. The van der Waals surface area contributed by atoms with Crippen LogP contribution in [-0.2, 0) is 15.6 Å². The monoisotopic (exact) mass is 235 g/mol. The lowest BCUT2D eigenvalue weighted by Crippen LogP contribution is -2.17. The maximum atomic E-state index is 13.1. The van der Waals surface area contributed by atoms with E-state index in [-0.39, 0.29) is 17.9 Å². The van der Waals surface area contributed by atoms with Crippen molar-refractivity contribution in [3.8, 4) is 0 Å². The van der Waals surface area contributed by atoms with Gasteiger partial charge in [0.1, 0.15) is 11.6 Å². The molecule has 0 aliphatic rings. The first-order valence-corrected chi connectivity index (χ1v) is 6.11. The molecule has 0 spiro atoms. The molecule has 0 aromatic heterocycles. The number of sulfone groups is 1. The van der Waals surface area contributed by atoms with Gasteiger partial charge < -0.3 is 5.73 Å². The van der Waals surface area contributed by atoms with Gasteiger partial charge in [-0.25, -0.2) is 17.2 Å². The van der Waals surface area contributed by atoms with E-state index in [0.29, 0.717) is 0 Å². The standard InChI is InChI=1S/C9H11F2NO2S/c10-8-1-2-9(11)7(5-8)6-15(13,14)4-3-12/h1-2,5H,3-4,6,12H2. The van der Waals surface area contributed by atoms with Gasteiger partial charge in [0.05, 0.1) is 11.5 Å². The van der Waals surface area contributed by atoms with E-state index in [0.717, 1.165) is 18.2 Å². The van der Waals surface area contributed by atoms with Crippen LogP contribution in [-0.4, -0.2) is 20.7 Å². The predicted molar refractivity (Wildman–Crippen MR) is 52.9 cm³/mol. The molecular weight excluding hydrogens is 224 g/mol. The molecule has 0 radical (unpaired) electrons. The first-order valence-electron chi connectivity index (χ1n) is 4.29. The van der Waals surface area contributed by atoms with Crippen molar-refractivity contribution in [2.24, 2.45) is 5.73 Å². The Morgan fingerprint density at radius 1 is 1.27 bits per heavy atom. The lowest BCUT2D eigenvalue weighted by atomic mass is 10.2. The summed E-state index contributed by atoms with van der Waals surface area (Å²) in [6, 6.07) is 2.72. The van der Waals surface area contributed by atoms with E-state index in [1.54, 1.807) is 0 Å². The summed E-state index contributed by atoms with van der Waals surface area (Å²) in [6.07, 6.45) is 0. The fraction of sp³-hybridized carbons (Fsp3) is 0.333. The molecule has 0 saturated carbocycles. The molecule has 1 aromatic carbocycles. The highest BCUT2D eigenvalue weighted by molar-refractivity contribution is 7.90. The molecule has 6 heteroatoms. The third-order valence-electron chi connectivity index (χ3n) is 1.81. The Labute approximate surface area is 86.8 Å². The van der Waals surface area contributed by atoms with Crippen LogP contribution in [0, 0.1) is 11.6 Å². The number of halogens is 2. The number of hydrogen-bond acceptors (Lipinski definition) is 3. The van der Waals surface area contributed by atoms with Crippen molar-refractivity contribution in [3.05, 3.63) is 35.4 Å². The Morgan fingerprint density at radius 3 is 2.53 bits per heavy atom. The highest BCUT2D eigenvalue weighted by Gasteiger charge is 2.14. The molecule has 0 aliphatic carbocycles. The quantitative estimate of drug-likeness (QED) is 0.841. The molecule has 0 unspecified atom stereocenters. The van der Waals surface area contributed by atoms with Crippen molar-refractivity contribution in [3.63, 3.8) is 0 Å². The fourth-order valence-electron chi connectivity index (χ4n) is 1.14. The average molecular weight is 235 g/mol. The van der Waals surface area contributed by atoms with Crippen molar-refractivity contribution in [2.45, 2.75) is 5.75 Å². The second kappa shape index (κ2) is 4.67. The van der Waals surface area contributed by atoms with E-state index in [1.807, 2.05) is 0 Å². The SMILES string of the molecule is NCCS(=O)(=O)Cc1cc(F)ccc1F. The van der Waals surface area contributed by atoms with Gasteiger partial charge in [0, 0.05) is 12.1 Å². The van der Waals surface area contributed by atoms with Crippen LogP contribution in [0.4, 0.5) is 8.78 Å². The van der Waals surface area contributed by atoms with Crippen molar-refractivity contribution >= 4 is 9.84 Å². The van der Waals surface area contributed by atoms with Gasteiger partial charge in [0.15, 0.2) is 9.84 Å². The summed E-state index contributed by atoms with van der Waals surface area (Å²) in [6.45, 7) is -0.0285. The molecule has 1 aromatic rings. The summed E-state index contributed by atoms with van der Waals surface area (Å²) in [5, 5.41) is 0. The second-order valence-electron chi connectivity index (χ2n) is 3.12.